The lowest BCUT2D eigenvalue weighted by Gasteiger charge is -2.09. The highest BCUT2D eigenvalue weighted by molar-refractivity contribution is 5.92. The van der Waals surface area contributed by atoms with Crippen LogP contribution in [0.2, 0.25) is 0 Å². The molecule has 0 aliphatic heterocycles. The molecule has 0 saturated heterocycles. The Balaban J connectivity index is 1.82. The van der Waals surface area contributed by atoms with Crippen LogP contribution in [0.25, 0.3) is 0 Å². The van der Waals surface area contributed by atoms with Crippen molar-refractivity contribution in [1.29, 1.82) is 0 Å². The molecule has 0 atom stereocenters. The van der Waals surface area contributed by atoms with E-state index < -0.39 is 11.9 Å². The highest BCUT2D eigenvalue weighted by atomic mass is 19.1. The minimum Gasteiger partial charge on any atom is -0.364 e. The van der Waals surface area contributed by atoms with E-state index in [9.17, 15) is 14.0 Å². The van der Waals surface area contributed by atoms with Gasteiger partial charge in [-0.25, -0.2) is 14.2 Å². The van der Waals surface area contributed by atoms with Crippen LogP contribution >= 0.6 is 0 Å². The largest absolute Gasteiger partial charge is 0.364 e. The maximum atomic E-state index is 13.0. The molecule has 0 fully saturated rings. The monoisotopic (exact) mass is 316 g/mol. The highest BCUT2D eigenvalue weighted by Crippen LogP contribution is 2.10. The summed E-state index contributed by atoms with van der Waals surface area (Å²) in [5, 5.41) is 5.29. The predicted octanol–water partition coefficient (Wildman–Crippen LogP) is 1.99. The van der Waals surface area contributed by atoms with Gasteiger partial charge in [0.05, 0.1) is 11.9 Å². The van der Waals surface area contributed by atoms with Crippen molar-refractivity contribution >= 4 is 17.6 Å². The summed E-state index contributed by atoms with van der Waals surface area (Å²) < 4.78 is 13.0. The van der Waals surface area contributed by atoms with Crippen molar-refractivity contribution in [3.63, 3.8) is 0 Å². The number of hydrogen-bond donors (Lipinski definition) is 3. The van der Waals surface area contributed by atoms with Gasteiger partial charge in [0.25, 0.3) is 5.91 Å². The SMILES string of the molecule is Cc1cc(F)ccc1CCNC(=O)Nc1ccc(C(N)=O)nc1. The van der Waals surface area contributed by atoms with Gasteiger partial charge < -0.3 is 16.4 Å². The number of urea groups is 1. The molecule has 0 aliphatic carbocycles. The molecule has 6 nitrogen and oxygen atoms in total. The summed E-state index contributed by atoms with van der Waals surface area (Å²) in [6, 6.07) is 7.14. The summed E-state index contributed by atoms with van der Waals surface area (Å²) in [5.74, 6) is -0.903. The lowest BCUT2D eigenvalue weighted by Crippen LogP contribution is -2.30. The molecule has 1 heterocycles. The zero-order chi connectivity index (χ0) is 16.8. The molecule has 2 aromatic rings. The molecular formula is C16H17FN4O2. The van der Waals surface area contributed by atoms with Crippen LogP contribution in [-0.4, -0.2) is 23.5 Å². The number of nitrogens with zero attached hydrogens (tertiary/aromatic N) is 1. The quantitative estimate of drug-likeness (QED) is 0.787. The van der Waals surface area contributed by atoms with Gasteiger partial charge in [-0.3, -0.25) is 4.79 Å². The van der Waals surface area contributed by atoms with E-state index in [0.717, 1.165) is 11.1 Å². The minimum absolute atomic E-state index is 0.128. The average molecular weight is 316 g/mol. The molecule has 1 aromatic carbocycles. The maximum Gasteiger partial charge on any atom is 0.319 e. The minimum atomic E-state index is -0.629. The number of nitrogens with one attached hydrogen (secondary N) is 2. The van der Waals surface area contributed by atoms with E-state index in [-0.39, 0.29) is 11.5 Å². The number of carbonyl (C=O) groups is 2. The van der Waals surface area contributed by atoms with Gasteiger partial charge in [-0.1, -0.05) is 6.07 Å². The van der Waals surface area contributed by atoms with Crippen molar-refractivity contribution < 1.29 is 14.0 Å². The smallest absolute Gasteiger partial charge is 0.319 e. The molecule has 0 radical (unpaired) electrons. The molecule has 0 saturated carbocycles. The van der Waals surface area contributed by atoms with Crippen LogP contribution < -0.4 is 16.4 Å². The molecule has 1 aromatic heterocycles. The van der Waals surface area contributed by atoms with Gasteiger partial charge in [0.1, 0.15) is 11.5 Å². The third kappa shape index (κ3) is 4.77. The number of aromatic nitrogens is 1. The summed E-state index contributed by atoms with van der Waals surface area (Å²) in [5.41, 5.74) is 7.48. The Morgan fingerprint density at radius 1 is 1.26 bits per heavy atom. The molecule has 4 N–H and O–H groups in total. The van der Waals surface area contributed by atoms with Crippen molar-refractivity contribution in [3.05, 3.63) is 59.2 Å². The highest BCUT2D eigenvalue weighted by Gasteiger charge is 2.05. The fourth-order valence-corrected chi connectivity index (χ4v) is 2.04. The first kappa shape index (κ1) is 16.4. The first-order valence-corrected chi connectivity index (χ1v) is 7.01. The summed E-state index contributed by atoms with van der Waals surface area (Å²) in [4.78, 5) is 26.5. The molecule has 0 spiro atoms. The number of hydrogen-bond acceptors (Lipinski definition) is 3. The first-order valence-electron chi connectivity index (χ1n) is 7.01. The number of primary amides is 1. The van der Waals surface area contributed by atoms with Gasteiger partial charge in [-0.15, -0.1) is 0 Å². The third-order valence-electron chi connectivity index (χ3n) is 3.26. The van der Waals surface area contributed by atoms with E-state index in [1.165, 1.54) is 30.5 Å². The van der Waals surface area contributed by atoms with Gasteiger partial charge in [0.15, 0.2) is 0 Å². The number of benzene rings is 1. The van der Waals surface area contributed by atoms with Crippen LogP contribution in [-0.2, 0) is 6.42 Å². The van der Waals surface area contributed by atoms with Crippen molar-refractivity contribution in [2.45, 2.75) is 13.3 Å². The Labute approximate surface area is 132 Å². The normalized spacial score (nSPS) is 10.2. The van der Waals surface area contributed by atoms with Crippen LogP contribution in [0.3, 0.4) is 0 Å². The number of anilines is 1. The Morgan fingerprint density at radius 2 is 2.04 bits per heavy atom. The summed E-state index contributed by atoms with van der Waals surface area (Å²) in [6.07, 6.45) is 1.95. The van der Waals surface area contributed by atoms with Gasteiger partial charge in [0.2, 0.25) is 0 Å². The standard InChI is InChI=1S/C16H17FN4O2/c1-10-8-12(17)3-2-11(10)6-7-19-16(23)21-13-4-5-14(15(18)22)20-9-13/h2-5,8-9H,6-7H2,1H3,(H2,18,22)(H2,19,21,23). The zero-order valence-electron chi connectivity index (χ0n) is 12.6. The predicted molar refractivity (Wildman–Crippen MR) is 84.6 cm³/mol. The van der Waals surface area contributed by atoms with Crippen LogP contribution in [0, 0.1) is 12.7 Å². The second-order valence-electron chi connectivity index (χ2n) is 5.00. The molecule has 23 heavy (non-hydrogen) atoms. The molecule has 0 bridgehead atoms. The van der Waals surface area contributed by atoms with E-state index in [0.29, 0.717) is 18.7 Å². The zero-order valence-corrected chi connectivity index (χ0v) is 12.6. The van der Waals surface area contributed by atoms with E-state index in [1.807, 2.05) is 6.92 Å². The summed E-state index contributed by atoms with van der Waals surface area (Å²) in [6.45, 7) is 2.23. The second-order valence-corrected chi connectivity index (χ2v) is 5.00. The number of carbonyl (C=O) groups excluding carboxylic acids is 2. The molecule has 0 unspecified atom stereocenters. The summed E-state index contributed by atoms with van der Waals surface area (Å²) >= 11 is 0. The van der Waals surface area contributed by atoms with Crippen molar-refractivity contribution in [2.24, 2.45) is 5.73 Å². The Kier molecular flexibility index (Phi) is 5.24. The van der Waals surface area contributed by atoms with Gasteiger partial charge >= 0.3 is 6.03 Å². The Morgan fingerprint density at radius 3 is 2.65 bits per heavy atom. The third-order valence-corrected chi connectivity index (χ3v) is 3.26. The van der Waals surface area contributed by atoms with Crippen molar-refractivity contribution in [1.82, 2.24) is 10.3 Å². The number of pyridine rings is 1. The van der Waals surface area contributed by atoms with E-state index >= 15 is 0 Å². The topological polar surface area (TPSA) is 97.1 Å². The number of nitrogens with two attached hydrogens (primary N) is 1. The maximum absolute atomic E-state index is 13.0. The van der Waals surface area contributed by atoms with E-state index in [4.69, 9.17) is 5.73 Å². The fourth-order valence-electron chi connectivity index (χ4n) is 2.04. The van der Waals surface area contributed by atoms with E-state index in [2.05, 4.69) is 15.6 Å². The van der Waals surface area contributed by atoms with Crippen LogP contribution in [0.4, 0.5) is 14.9 Å². The Bertz CT molecular complexity index is 717. The molecule has 120 valence electrons. The lowest BCUT2D eigenvalue weighted by atomic mass is 10.1. The number of rotatable bonds is 5. The second kappa shape index (κ2) is 7.35. The lowest BCUT2D eigenvalue weighted by molar-refractivity contribution is 0.0995. The first-order chi connectivity index (χ1) is 11.0. The molecular weight excluding hydrogens is 299 g/mol. The van der Waals surface area contributed by atoms with Crippen LogP contribution in [0.15, 0.2) is 36.5 Å². The number of aryl methyl sites for hydroxylation is 1. The average Bonchev–Trinajstić information content (AvgIpc) is 2.50. The number of halogens is 1. The van der Waals surface area contributed by atoms with Crippen molar-refractivity contribution in [2.75, 3.05) is 11.9 Å². The van der Waals surface area contributed by atoms with Crippen LogP contribution in [0.1, 0.15) is 21.6 Å². The number of amides is 3. The Hall–Kier alpha value is -2.96. The fraction of sp³-hybridized carbons (Fsp3) is 0.188. The van der Waals surface area contributed by atoms with Gasteiger partial charge in [-0.2, -0.15) is 0 Å². The van der Waals surface area contributed by atoms with Gasteiger partial charge in [0, 0.05) is 6.54 Å². The molecule has 0 aliphatic rings. The van der Waals surface area contributed by atoms with Crippen molar-refractivity contribution in [3.8, 4) is 0 Å². The van der Waals surface area contributed by atoms with Gasteiger partial charge in [-0.05, 0) is 48.7 Å². The summed E-state index contributed by atoms with van der Waals surface area (Å²) in [7, 11) is 0. The molecule has 3 amide bonds. The molecule has 2 rings (SSSR count). The molecule has 7 heteroatoms. The van der Waals surface area contributed by atoms with Crippen LogP contribution in [0.5, 0.6) is 0 Å². The van der Waals surface area contributed by atoms with E-state index in [1.54, 1.807) is 6.07 Å².